The maximum absolute atomic E-state index is 11.7. The summed E-state index contributed by atoms with van der Waals surface area (Å²) in [6.45, 7) is 1.27. The number of hydrogen-bond acceptors (Lipinski definition) is 3. The molecule has 1 fully saturated rings. The van der Waals surface area contributed by atoms with E-state index >= 15 is 0 Å². The molecule has 0 bridgehead atoms. The Labute approximate surface area is 92.8 Å². The Morgan fingerprint density at radius 1 is 1.71 bits per heavy atom. The summed E-state index contributed by atoms with van der Waals surface area (Å²) in [5.74, 6) is 0.141. The number of Topliss-reactive ketones (excluding diaryl/α,β-unsaturated/α-hetero) is 1. The summed E-state index contributed by atoms with van der Waals surface area (Å²) in [6.07, 6.45) is 0. The molecule has 0 aromatic carbocycles. The third kappa shape index (κ3) is 2.05. The Morgan fingerprint density at radius 2 is 2.57 bits per heavy atom. The van der Waals surface area contributed by atoms with Crippen LogP contribution in [0.2, 0.25) is 5.32 Å². The van der Waals surface area contributed by atoms with Crippen molar-refractivity contribution in [2.45, 2.75) is 5.32 Å². The van der Waals surface area contributed by atoms with Crippen molar-refractivity contribution in [2.24, 2.45) is 0 Å². The van der Waals surface area contributed by atoms with Gasteiger partial charge in [-0.2, -0.15) is 0 Å². The first kappa shape index (κ1) is 9.90. The van der Waals surface area contributed by atoms with Crippen LogP contribution in [0, 0.1) is 5.41 Å². The van der Waals surface area contributed by atoms with Gasteiger partial charge in [-0.05, 0) is 0 Å². The molecule has 1 N–H and O–H groups in total. The van der Waals surface area contributed by atoms with Crippen molar-refractivity contribution in [3.05, 3.63) is 22.4 Å². The first-order chi connectivity index (χ1) is 6.77. The number of nitrogens with one attached hydrogen (secondary N) is 1. The molecule has 1 saturated heterocycles. The quantitative estimate of drug-likeness (QED) is 0.666. The first-order valence-electron chi connectivity index (χ1n) is 4.30. The molecule has 0 atom stereocenters. The fourth-order valence-corrected chi connectivity index (χ4v) is 3.71. The van der Waals surface area contributed by atoms with E-state index in [9.17, 15) is 4.79 Å². The zero-order chi connectivity index (χ0) is 9.97. The molecule has 0 unspecified atom stereocenters. The second-order valence-corrected chi connectivity index (χ2v) is 6.20. The maximum atomic E-state index is 11.7. The van der Waals surface area contributed by atoms with Crippen LogP contribution in [0.4, 0.5) is 0 Å². The van der Waals surface area contributed by atoms with E-state index < -0.39 is 0 Å². The number of carbonyl (C=O) groups is 1. The second kappa shape index (κ2) is 4.26. The summed E-state index contributed by atoms with van der Waals surface area (Å²) >= 11 is 1.78. The Hall–Kier alpha value is -0.641. The van der Waals surface area contributed by atoms with Crippen molar-refractivity contribution in [1.29, 1.82) is 5.41 Å². The summed E-state index contributed by atoms with van der Waals surface area (Å²) < 4.78 is 0.669. The fraction of sp³-hybridized carbons (Fsp3) is 0.333. The molecule has 0 saturated carbocycles. The van der Waals surface area contributed by atoms with Gasteiger partial charge in [-0.1, -0.05) is 0 Å². The molecular weight excluding hydrogens is 263 g/mol. The van der Waals surface area contributed by atoms with E-state index in [-0.39, 0.29) is 5.78 Å². The van der Waals surface area contributed by atoms with Gasteiger partial charge in [0, 0.05) is 0 Å². The summed E-state index contributed by atoms with van der Waals surface area (Å²) in [6, 6.07) is 3.73. The molecule has 3 nitrogen and oxygen atoms in total. The van der Waals surface area contributed by atoms with Crippen LogP contribution in [0.1, 0.15) is 9.67 Å². The molecule has 0 spiro atoms. The van der Waals surface area contributed by atoms with E-state index in [0.29, 0.717) is 26.2 Å². The molecule has 1 aromatic heterocycles. The molecule has 1 aromatic rings. The van der Waals surface area contributed by atoms with Gasteiger partial charge >= 0.3 is 92.7 Å². The molecular formula is C9H10N2OSSe. The Morgan fingerprint density at radius 3 is 3.14 bits per heavy atom. The predicted octanol–water partition coefficient (Wildman–Crippen LogP) is 1.30. The van der Waals surface area contributed by atoms with E-state index in [1.165, 1.54) is 11.3 Å². The van der Waals surface area contributed by atoms with E-state index in [1.54, 1.807) is 0 Å². The summed E-state index contributed by atoms with van der Waals surface area (Å²) in [5.41, 5.74) is 0. The molecule has 2 rings (SSSR count). The van der Waals surface area contributed by atoms with Crippen LogP contribution >= 0.6 is 11.3 Å². The summed E-state index contributed by atoms with van der Waals surface area (Å²) in [5, 5.41) is 10.6. The van der Waals surface area contributed by atoms with Crippen LogP contribution in [0.3, 0.4) is 0 Å². The summed E-state index contributed by atoms with van der Waals surface area (Å²) in [7, 11) is 0. The average Bonchev–Trinajstić information content (AvgIpc) is 2.77. The summed E-state index contributed by atoms with van der Waals surface area (Å²) in [4.78, 5) is 14.4. The number of nitrogens with zero attached hydrogens (tertiary/aromatic N) is 1. The van der Waals surface area contributed by atoms with Crippen LogP contribution in [0.25, 0.3) is 0 Å². The third-order valence-corrected chi connectivity index (χ3v) is 4.86. The van der Waals surface area contributed by atoms with Gasteiger partial charge in [0.2, 0.25) is 0 Å². The van der Waals surface area contributed by atoms with Crippen LogP contribution in [-0.4, -0.2) is 43.5 Å². The molecule has 0 amide bonds. The van der Waals surface area contributed by atoms with E-state index in [2.05, 4.69) is 0 Å². The number of thiophene rings is 1. The van der Waals surface area contributed by atoms with Crippen LogP contribution in [-0.2, 0) is 0 Å². The molecule has 14 heavy (non-hydrogen) atoms. The van der Waals surface area contributed by atoms with E-state index in [0.717, 1.165) is 16.7 Å². The number of hydrogen-bond donors (Lipinski definition) is 1. The average molecular weight is 273 g/mol. The molecule has 74 valence electrons. The van der Waals surface area contributed by atoms with Gasteiger partial charge in [0.1, 0.15) is 0 Å². The molecule has 1 aliphatic heterocycles. The molecule has 0 radical (unpaired) electrons. The van der Waals surface area contributed by atoms with Gasteiger partial charge in [0.25, 0.3) is 0 Å². The number of amidine groups is 1. The minimum atomic E-state index is 0.141. The SMILES string of the molecule is N=C1[Se]CCN1CC(=O)c1cccs1. The topological polar surface area (TPSA) is 44.2 Å². The predicted molar refractivity (Wildman–Crippen MR) is 58.5 cm³/mol. The van der Waals surface area contributed by atoms with Crippen molar-refractivity contribution >= 4 is 36.8 Å². The number of carbonyl (C=O) groups excluding carboxylic acids is 1. The normalized spacial score (nSPS) is 16.3. The molecule has 1 aliphatic rings. The number of rotatable bonds is 3. The van der Waals surface area contributed by atoms with Crippen LogP contribution in [0.5, 0.6) is 0 Å². The van der Waals surface area contributed by atoms with Gasteiger partial charge < -0.3 is 0 Å². The Balaban J connectivity index is 1.98. The van der Waals surface area contributed by atoms with Gasteiger partial charge in [0.05, 0.1) is 0 Å². The molecule has 2 heterocycles. The van der Waals surface area contributed by atoms with Crippen molar-refractivity contribution < 1.29 is 4.79 Å². The standard InChI is InChI=1S/C9H10N2OSSe/c10-9-11(3-5-14-9)6-7(12)8-2-1-4-13-8/h1-2,4,10H,3,5-6H2. The number of ketones is 1. The van der Waals surface area contributed by atoms with E-state index in [1.807, 2.05) is 22.4 Å². The van der Waals surface area contributed by atoms with Crippen LogP contribution < -0.4 is 0 Å². The van der Waals surface area contributed by atoms with Crippen molar-refractivity contribution in [3.63, 3.8) is 0 Å². The van der Waals surface area contributed by atoms with Crippen LogP contribution in [0.15, 0.2) is 17.5 Å². The van der Waals surface area contributed by atoms with E-state index in [4.69, 9.17) is 5.41 Å². The van der Waals surface area contributed by atoms with Gasteiger partial charge in [-0.25, -0.2) is 0 Å². The van der Waals surface area contributed by atoms with Gasteiger partial charge in [0.15, 0.2) is 0 Å². The second-order valence-electron chi connectivity index (χ2n) is 2.98. The van der Waals surface area contributed by atoms with Crippen molar-refractivity contribution in [3.8, 4) is 0 Å². The van der Waals surface area contributed by atoms with Crippen molar-refractivity contribution in [2.75, 3.05) is 13.1 Å². The Kier molecular flexibility index (Phi) is 3.01. The fourth-order valence-electron chi connectivity index (χ4n) is 1.28. The van der Waals surface area contributed by atoms with Gasteiger partial charge in [-0.15, -0.1) is 0 Å². The monoisotopic (exact) mass is 274 g/mol. The first-order valence-corrected chi connectivity index (χ1v) is 7.25. The zero-order valence-corrected chi connectivity index (χ0v) is 10.1. The minimum absolute atomic E-state index is 0.141. The zero-order valence-electron chi connectivity index (χ0n) is 7.53. The Bertz CT molecular complexity index is 350. The van der Waals surface area contributed by atoms with Crippen molar-refractivity contribution in [1.82, 2.24) is 4.90 Å². The van der Waals surface area contributed by atoms with Gasteiger partial charge in [-0.3, -0.25) is 0 Å². The molecule has 0 aliphatic carbocycles. The molecule has 5 heteroatoms. The third-order valence-electron chi connectivity index (χ3n) is 2.02.